The first-order chi connectivity index (χ1) is 16.0. The van der Waals surface area contributed by atoms with Crippen LogP contribution in [-0.2, 0) is 6.18 Å². The van der Waals surface area contributed by atoms with Crippen molar-refractivity contribution in [3.63, 3.8) is 0 Å². The lowest BCUT2D eigenvalue weighted by molar-refractivity contribution is -0.137. The molecule has 2 aromatic carbocycles. The molecule has 0 aliphatic heterocycles. The third-order valence-electron chi connectivity index (χ3n) is 4.24. The Labute approximate surface area is 208 Å². The zero-order valence-corrected chi connectivity index (χ0v) is 19.1. The first kappa shape index (κ1) is 27.2. The number of pyridine rings is 1. The van der Waals surface area contributed by atoms with Gasteiger partial charge < -0.3 is 11.1 Å². The van der Waals surface area contributed by atoms with Crippen molar-refractivity contribution in [2.45, 2.75) is 6.18 Å². The van der Waals surface area contributed by atoms with Crippen molar-refractivity contribution in [3.05, 3.63) is 93.6 Å². The first-order valence-corrected chi connectivity index (χ1v) is 9.82. The van der Waals surface area contributed by atoms with Crippen LogP contribution < -0.4 is 16.4 Å². The fourth-order valence-electron chi connectivity index (χ4n) is 2.73. The van der Waals surface area contributed by atoms with E-state index in [9.17, 15) is 22.8 Å². The van der Waals surface area contributed by atoms with Crippen molar-refractivity contribution in [3.8, 4) is 11.8 Å². The number of aromatic nitrogens is 1. The second-order valence-corrected chi connectivity index (χ2v) is 7.19. The fraction of sp³-hybridized carbons (Fsp3) is 0.0435. The second-order valence-electron chi connectivity index (χ2n) is 6.78. The van der Waals surface area contributed by atoms with Crippen LogP contribution in [0.15, 0.2) is 60.8 Å². The molecule has 0 fully saturated rings. The van der Waals surface area contributed by atoms with E-state index in [1.807, 2.05) is 5.32 Å². The summed E-state index contributed by atoms with van der Waals surface area (Å²) >= 11 is 6.12. The van der Waals surface area contributed by atoms with E-state index in [0.717, 1.165) is 12.1 Å². The van der Waals surface area contributed by atoms with Crippen LogP contribution in [0.1, 0.15) is 37.4 Å². The number of carbonyl (C=O) groups is 2. The van der Waals surface area contributed by atoms with Gasteiger partial charge in [0.05, 0.1) is 16.1 Å². The molecule has 3 rings (SSSR count). The second kappa shape index (κ2) is 11.4. The Morgan fingerprint density at radius 2 is 1.71 bits per heavy atom. The zero-order chi connectivity index (χ0) is 24.9. The van der Waals surface area contributed by atoms with E-state index in [0.29, 0.717) is 17.4 Å². The maximum Gasteiger partial charge on any atom is 0.416 e. The number of alkyl halides is 3. The fourth-order valence-corrected chi connectivity index (χ4v) is 2.93. The van der Waals surface area contributed by atoms with Crippen LogP contribution in [0.5, 0.6) is 0 Å². The largest absolute Gasteiger partial charge is 0.416 e. The molecule has 0 saturated heterocycles. The Bertz CT molecular complexity index is 1340. The van der Waals surface area contributed by atoms with Crippen molar-refractivity contribution in [1.29, 1.82) is 5.41 Å². The first-order valence-electron chi connectivity index (χ1n) is 9.44. The van der Waals surface area contributed by atoms with E-state index in [1.54, 1.807) is 18.2 Å². The summed E-state index contributed by atoms with van der Waals surface area (Å²) in [6, 6.07) is 11.8. The zero-order valence-electron chi connectivity index (χ0n) is 17.5. The number of rotatable bonds is 3. The molecule has 5 N–H and O–H groups in total. The van der Waals surface area contributed by atoms with Crippen LogP contribution in [0.2, 0.25) is 5.02 Å². The predicted molar refractivity (Wildman–Crippen MR) is 128 cm³/mol. The molecule has 35 heavy (non-hydrogen) atoms. The maximum absolute atomic E-state index is 13.3. The van der Waals surface area contributed by atoms with E-state index in [1.165, 1.54) is 24.4 Å². The highest BCUT2D eigenvalue weighted by Gasteiger charge is 2.31. The highest BCUT2D eigenvalue weighted by molar-refractivity contribution is 6.34. The van der Waals surface area contributed by atoms with Crippen molar-refractivity contribution in [1.82, 2.24) is 10.3 Å². The van der Waals surface area contributed by atoms with Gasteiger partial charge in [-0.2, -0.15) is 13.2 Å². The molecule has 0 saturated carbocycles. The summed E-state index contributed by atoms with van der Waals surface area (Å²) in [6.45, 7) is 0. The maximum atomic E-state index is 13.3. The lowest BCUT2D eigenvalue weighted by atomic mass is 10.0. The summed E-state index contributed by atoms with van der Waals surface area (Å²) in [5.41, 5.74) is 3.88. The monoisotopic (exact) mass is 521 g/mol. The van der Waals surface area contributed by atoms with Crippen molar-refractivity contribution in [2.75, 3.05) is 5.32 Å². The van der Waals surface area contributed by atoms with Crippen molar-refractivity contribution in [2.24, 2.45) is 5.73 Å². The van der Waals surface area contributed by atoms with Crippen molar-refractivity contribution >= 4 is 47.6 Å². The molecule has 3 aromatic rings. The standard InChI is InChI=1S/C23H15ClF3N5O2.ClH/c24-18-7-6-13(11-17(18)21(34)31-19-3-1-2-8-30-19)4-5-14-9-15(20(33)32-22(28)29)12-16(10-14)23(25,26)27;/h1-3,6-12H,(H,30,31,34)(H4,28,29,32,33);1H. The van der Waals surface area contributed by atoms with Crippen LogP contribution in [0, 0.1) is 17.3 Å². The Morgan fingerprint density at radius 3 is 2.34 bits per heavy atom. The number of halogens is 5. The SMILES string of the molecule is Cl.N=C(N)NC(=O)c1cc(C#Cc2ccc(Cl)c(C(=O)Nc3ccccn3)c2)cc(C(F)(F)F)c1. The molecule has 1 heterocycles. The molecule has 2 amide bonds. The van der Waals surface area contributed by atoms with E-state index < -0.39 is 29.5 Å². The minimum Gasteiger partial charge on any atom is -0.370 e. The molecular weight excluding hydrogens is 506 g/mol. The molecule has 7 nitrogen and oxygen atoms in total. The molecule has 0 atom stereocenters. The number of amides is 2. The smallest absolute Gasteiger partial charge is 0.370 e. The summed E-state index contributed by atoms with van der Waals surface area (Å²) in [7, 11) is 0. The Morgan fingerprint density at radius 1 is 1.00 bits per heavy atom. The number of hydrogen-bond acceptors (Lipinski definition) is 4. The lowest BCUT2D eigenvalue weighted by Crippen LogP contribution is -2.35. The Kier molecular flexibility index (Phi) is 8.83. The molecule has 12 heteroatoms. The summed E-state index contributed by atoms with van der Waals surface area (Å²) in [6.07, 6.45) is -3.24. The van der Waals surface area contributed by atoms with Gasteiger partial charge in [0.25, 0.3) is 11.8 Å². The summed E-state index contributed by atoms with van der Waals surface area (Å²) in [4.78, 5) is 28.6. The number of guanidine groups is 1. The predicted octanol–water partition coefficient (Wildman–Crippen LogP) is 4.45. The topological polar surface area (TPSA) is 121 Å². The van der Waals surface area contributed by atoms with E-state index in [-0.39, 0.29) is 34.1 Å². The van der Waals surface area contributed by atoms with Gasteiger partial charge >= 0.3 is 6.18 Å². The van der Waals surface area contributed by atoms with Crippen LogP contribution in [-0.4, -0.2) is 22.8 Å². The van der Waals surface area contributed by atoms with Gasteiger partial charge in [-0.1, -0.05) is 29.5 Å². The van der Waals surface area contributed by atoms with Gasteiger partial charge in [-0.3, -0.25) is 20.3 Å². The number of nitrogens with zero attached hydrogens (tertiary/aromatic N) is 1. The summed E-state index contributed by atoms with van der Waals surface area (Å²) in [5.74, 6) is 3.28. The van der Waals surface area contributed by atoms with Crippen LogP contribution in [0.4, 0.5) is 19.0 Å². The Balaban J connectivity index is 0.00000432. The van der Waals surface area contributed by atoms with Crippen molar-refractivity contribution < 1.29 is 22.8 Å². The average molecular weight is 522 g/mol. The average Bonchev–Trinajstić information content (AvgIpc) is 2.78. The molecular formula is C23H16Cl2F3N5O2. The highest BCUT2D eigenvalue weighted by Crippen LogP contribution is 2.30. The number of nitrogens with one attached hydrogen (secondary N) is 3. The molecule has 0 radical (unpaired) electrons. The van der Waals surface area contributed by atoms with Gasteiger partial charge in [0.2, 0.25) is 0 Å². The van der Waals surface area contributed by atoms with Gasteiger partial charge in [-0.05, 0) is 48.5 Å². The molecule has 0 aliphatic carbocycles. The molecule has 0 aliphatic rings. The third kappa shape index (κ3) is 7.46. The molecule has 0 spiro atoms. The van der Waals surface area contributed by atoms with Crippen LogP contribution in [0.25, 0.3) is 0 Å². The highest BCUT2D eigenvalue weighted by atomic mass is 35.5. The minimum absolute atomic E-state index is 0. The number of hydrogen-bond donors (Lipinski definition) is 4. The van der Waals surface area contributed by atoms with E-state index in [2.05, 4.69) is 22.1 Å². The van der Waals surface area contributed by atoms with Gasteiger partial charge in [-0.25, -0.2) is 4.98 Å². The third-order valence-corrected chi connectivity index (χ3v) is 4.57. The number of anilines is 1. The van der Waals surface area contributed by atoms with Gasteiger partial charge in [0, 0.05) is 22.9 Å². The van der Waals surface area contributed by atoms with E-state index >= 15 is 0 Å². The number of carbonyl (C=O) groups excluding carboxylic acids is 2. The molecule has 180 valence electrons. The van der Waals surface area contributed by atoms with E-state index in [4.69, 9.17) is 22.7 Å². The normalized spacial score (nSPS) is 10.3. The van der Waals surface area contributed by atoms with Crippen LogP contribution >= 0.6 is 24.0 Å². The summed E-state index contributed by atoms with van der Waals surface area (Å²) < 4.78 is 39.9. The van der Waals surface area contributed by atoms with Gasteiger partial charge in [0.15, 0.2) is 5.96 Å². The lowest BCUT2D eigenvalue weighted by Gasteiger charge is -2.10. The molecule has 0 bridgehead atoms. The summed E-state index contributed by atoms with van der Waals surface area (Å²) in [5, 5.41) is 11.7. The quantitative estimate of drug-likeness (QED) is 0.231. The molecule has 1 aromatic heterocycles. The Hall–Kier alpha value is -4.07. The van der Waals surface area contributed by atoms with Gasteiger partial charge in [0.1, 0.15) is 5.82 Å². The number of nitrogens with two attached hydrogens (primary N) is 1. The van der Waals surface area contributed by atoms with Crippen LogP contribution in [0.3, 0.4) is 0 Å². The van der Waals surface area contributed by atoms with Gasteiger partial charge in [-0.15, -0.1) is 12.4 Å². The molecule has 0 unspecified atom stereocenters. The number of benzene rings is 2. The minimum atomic E-state index is -4.74.